The Morgan fingerprint density at radius 1 is 1.05 bits per heavy atom. The summed E-state index contributed by atoms with van der Waals surface area (Å²) in [5, 5.41) is 6.03. The third-order valence-corrected chi connectivity index (χ3v) is 7.39. The number of rotatable bonds is 7. The van der Waals surface area contributed by atoms with Gasteiger partial charge in [0, 0.05) is 37.3 Å². The summed E-state index contributed by atoms with van der Waals surface area (Å²) in [6.07, 6.45) is 1.70. The Balaban J connectivity index is 1.12. The van der Waals surface area contributed by atoms with Gasteiger partial charge in [0.2, 0.25) is 5.89 Å². The zero-order valence-electron chi connectivity index (χ0n) is 22.8. The Labute approximate surface area is 234 Å². The number of amides is 3. The van der Waals surface area contributed by atoms with Crippen molar-refractivity contribution in [2.45, 2.75) is 39.2 Å². The molecule has 0 radical (unpaired) electrons. The van der Waals surface area contributed by atoms with Crippen molar-refractivity contribution in [3.05, 3.63) is 94.8 Å². The first-order valence-electron chi connectivity index (χ1n) is 13.7. The van der Waals surface area contributed by atoms with Crippen LogP contribution in [-0.4, -0.2) is 41.5 Å². The molecule has 1 saturated heterocycles. The predicted molar refractivity (Wildman–Crippen MR) is 155 cm³/mol. The summed E-state index contributed by atoms with van der Waals surface area (Å²) in [6.45, 7) is 13.9. The maximum absolute atomic E-state index is 12.8. The molecule has 0 spiro atoms. The van der Waals surface area contributed by atoms with Gasteiger partial charge in [0.15, 0.2) is 11.3 Å². The van der Waals surface area contributed by atoms with Crippen molar-refractivity contribution in [2.75, 3.05) is 19.6 Å². The molecule has 0 aliphatic carbocycles. The number of aromatic nitrogens is 1. The molecule has 4 aromatic rings. The van der Waals surface area contributed by atoms with Gasteiger partial charge in [0.25, 0.3) is 5.91 Å². The summed E-state index contributed by atoms with van der Waals surface area (Å²) in [5.74, 6) is 0.859. The molecule has 40 heavy (non-hydrogen) atoms. The second kappa shape index (κ2) is 12.0. The van der Waals surface area contributed by atoms with Crippen molar-refractivity contribution < 1.29 is 14.0 Å². The Hall–Kier alpha value is -4.64. The summed E-state index contributed by atoms with van der Waals surface area (Å²) in [5.41, 5.74) is 5.26. The number of nitrogens with one attached hydrogen (secondary N) is 2. The number of hydrogen-bond acceptors (Lipinski definition) is 4. The van der Waals surface area contributed by atoms with E-state index in [2.05, 4.69) is 34.3 Å². The van der Waals surface area contributed by atoms with E-state index < -0.39 is 0 Å². The number of carbonyl (C=O) groups is 2. The molecule has 1 aromatic heterocycles. The van der Waals surface area contributed by atoms with Gasteiger partial charge in [-0.1, -0.05) is 44.2 Å². The molecule has 0 bridgehead atoms. The second-order valence-corrected chi connectivity index (χ2v) is 10.5. The Morgan fingerprint density at radius 2 is 1.77 bits per heavy atom. The molecular formula is C32H33N5O3. The fourth-order valence-corrected chi connectivity index (χ4v) is 4.99. The van der Waals surface area contributed by atoms with E-state index in [0.717, 1.165) is 29.5 Å². The van der Waals surface area contributed by atoms with Crippen LogP contribution in [0.3, 0.4) is 0 Å². The Kier molecular flexibility index (Phi) is 8.11. The van der Waals surface area contributed by atoms with Crippen LogP contribution >= 0.6 is 0 Å². The summed E-state index contributed by atoms with van der Waals surface area (Å²) in [4.78, 5) is 35.3. The van der Waals surface area contributed by atoms with Crippen LogP contribution in [0, 0.1) is 12.5 Å². The van der Waals surface area contributed by atoms with E-state index in [0.29, 0.717) is 60.3 Å². The number of carbonyl (C=O) groups excluding carboxylic acids is 2. The van der Waals surface area contributed by atoms with E-state index in [1.165, 1.54) is 0 Å². The van der Waals surface area contributed by atoms with Crippen LogP contribution in [0.25, 0.3) is 27.4 Å². The number of benzene rings is 3. The highest BCUT2D eigenvalue weighted by Gasteiger charge is 2.23. The topological polar surface area (TPSA) is 91.8 Å². The fourth-order valence-electron chi connectivity index (χ4n) is 4.99. The van der Waals surface area contributed by atoms with E-state index in [1.807, 2.05) is 53.4 Å². The number of oxazole rings is 1. The molecule has 204 valence electrons. The first kappa shape index (κ1) is 26.9. The third kappa shape index (κ3) is 6.15. The standard InChI is InChI=1S/C32H33N5O3/c1-21(2)27-17-26(33-3)18-28-29(27)40-31(36-28)25-11-9-24(10-12-25)30(38)34-19-23-13-15-37(16-14-23)32(39)35-20-22-7-5-4-6-8-22/h4-12,17-18,21,23H,13-16,19-20H2,1-2H3,(H,34,38)(H,35,39). The van der Waals surface area contributed by atoms with E-state index in [4.69, 9.17) is 11.0 Å². The Bertz CT molecular complexity index is 1530. The first-order valence-corrected chi connectivity index (χ1v) is 13.7. The van der Waals surface area contributed by atoms with Crippen molar-refractivity contribution in [1.82, 2.24) is 20.5 Å². The zero-order valence-corrected chi connectivity index (χ0v) is 22.8. The average molecular weight is 536 g/mol. The minimum Gasteiger partial charge on any atom is -0.436 e. The molecule has 5 rings (SSSR count). The highest BCUT2D eigenvalue weighted by atomic mass is 16.3. The molecule has 1 aliphatic rings. The van der Waals surface area contributed by atoms with Gasteiger partial charge in [-0.25, -0.2) is 14.6 Å². The molecule has 3 amide bonds. The zero-order chi connectivity index (χ0) is 28.1. The highest BCUT2D eigenvalue weighted by molar-refractivity contribution is 5.94. The summed E-state index contributed by atoms with van der Waals surface area (Å²) in [7, 11) is 0. The lowest BCUT2D eigenvalue weighted by atomic mass is 9.97. The minimum atomic E-state index is -0.129. The monoisotopic (exact) mass is 535 g/mol. The van der Waals surface area contributed by atoms with Crippen LogP contribution in [0.4, 0.5) is 10.5 Å². The lowest BCUT2D eigenvalue weighted by molar-refractivity contribution is 0.0938. The first-order chi connectivity index (χ1) is 19.4. The SMILES string of the molecule is [C-]#[N+]c1cc(C(C)C)c2oc(-c3ccc(C(=O)NCC4CCN(C(=O)NCc5ccccc5)CC4)cc3)nc2c1. The number of piperidine rings is 1. The second-order valence-electron chi connectivity index (χ2n) is 10.5. The van der Waals surface area contributed by atoms with Gasteiger partial charge in [0.05, 0.1) is 12.1 Å². The average Bonchev–Trinajstić information content (AvgIpc) is 3.43. The van der Waals surface area contributed by atoms with E-state index in [9.17, 15) is 9.59 Å². The van der Waals surface area contributed by atoms with Crippen LogP contribution in [0.15, 0.2) is 71.1 Å². The van der Waals surface area contributed by atoms with Crippen molar-refractivity contribution >= 4 is 28.7 Å². The van der Waals surface area contributed by atoms with Gasteiger partial charge < -0.3 is 20.0 Å². The summed E-state index contributed by atoms with van der Waals surface area (Å²) in [6, 6.07) is 20.6. The highest BCUT2D eigenvalue weighted by Crippen LogP contribution is 2.34. The molecular weight excluding hydrogens is 502 g/mol. The molecule has 3 aromatic carbocycles. The molecule has 2 N–H and O–H groups in total. The quantitative estimate of drug-likeness (QED) is 0.264. The number of nitrogens with zero attached hydrogens (tertiary/aromatic N) is 3. The Morgan fingerprint density at radius 3 is 2.45 bits per heavy atom. The molecule has 0 unspecified atom stereocenters. The van der Waals surface area contributed by atoms with Crippen molar-refractivity contribution in [3.8, 4) is 11.5 Å². The summed E-state index contributed by atoms with van der Waals surface area (Å²) >= 11 is 0. The van der Waals surface area contributed by atoms with Crippen LogP contribution in [-0.2, 0) is 6.54 Å². The largest absolute Gasteiger partial charge is 0.436 e. The van der Waals surface area contributed by atoms with Gasteiger partial charge in [-0.05, 0) is 72.2 Å². The molecule has 8 heteroatoms. The molecule has 0 atom stereocenters. The molecule has 2 heterocycles. The number of urea groups is 1. The third-order valence-electron chi connectivity index (χ3n) is 7.39. The smallest absolute Gasteiger partial charge is 0.317 e. The van der Waals surface area contributed by atoms with E-state index in [1.54, 1.807) is 18.2 Å². The number of hydrogen-bond donors (Lipinski definition) is 2. The van der Waals surface area contributed by atoms with Crippen molar-refractivity contribution in [1.29, 1.82) is 0 Å². The van der Waals surface area contributed by atoms with Crippen LogP contribution in [0.2, 0.25) is 0 Å². The van der Waals surface area contributed by atoms with E-state index in [-0.39, 0.29) is 17.9 Å². The van der Waals surface area contributed by atoms with Crippen LogP contribution in [0.5, 0.6) is 0 Å². The van der Waals surface area contributed by atoms with Crippen LogP contribution < -0.4 is 10.6 Å². The number of likely N-dealkylation sites (tertiary alicyclic amines) is 1. The normalized spacial score (nSPS) is 13.8. The fraction of sp³-hybridized carbons (Fsp3) is 0.312. The van der Waals surface area contributed by atoms with Gasteiger partial charge in [0.1, 0.15) is 0 Å². The molecule has 8 nitrogen and oxygen atoms in total. The lowest BCUT2D eigenvalue weighted by Crippen LogP contribution is -2.45. The lowest BCUT2D eigenvalue weighted by Gasteiger charge is -2.32. The van der Waals surface area contributed by atoms with Crippen LogP contribution in [0.1, 0.15) is 54.1 Å². The number of fused-ring (bicyclic) bond motifs is 1. The van der Waals surface area contributed by atoms with Crippen molar-refractivity contribution in [2.24, 2.45) is 5.92 Å². The molecule has 1 fully saturated rings. The minimum absolute atomic E-state index is 0.0439. The summed E-state index contributed by atoms with van der Waals surface area (Å²) < 4.78 is 6.09. The maximum Gasteiger partial charge on any atom is 0.317 e. The van der Waals surface area contributed by atoms with Crippen molar-refractivity contribution in [3.63, 3.8) is 0 Å². The molecule has 1 aliphatic heterocycles. The predicted octanol–water partition coefficient (Wildman–Crippen LogP) is 6.52. The maximum atomic E-state index is 12.8. The van der Waals surface area contributed by atoms with Gasteiger partial charge in [-0.3, -0.25) is 4.79 Å². The van der Waals surface area contributed by atoms with Gasteiger partial charge in [-0.15, -0.1) is 0 Å². The van der Waals surface area contributed by atoms with E-state index >= 15 is 0 Å². The van der Waals surface area contributed by atoms with Gasteiger partial charge in [-0.2, -0.15) is 0 Å². The molecule has 0 saturated carbocycles. The van der Waals surface area contributed by atoms with Gasteiger partial charge >= 0.3 is 6.03 Å².